The minimum atomic E-state index is -0.493. The summed E-state index contributed by atoms with van der Waals surface area (Å²) < 4.78 is 5.55. The molecule has 6 nitrogen and oxygen atoms in total. The Kier molecular flexibility index (Phi) is 3.14. The maximum absolute atomic E-state index is 12.5. The monoisotopic (exact) mass is 297 g/mol. The zero-order valence-electron chi connectivity index (χ0n) is 11.6. The number of fused-ring (bicyclic) bond motifs is 1. The number of phenols is 1. The number of aromatic hydroxyl groups is 1. The highest BCUT2D eigenvalue weighted by atomic mass is 16.6. The number of rotatable bonds is 3. The van der Waals surface area contributed by atoms with Gasteiger partial charge in [-0.3, -0.25) is 14.9 Å². The first-order valence-electron chi connectivity index (χ1n) is 6.48. The highest BCUT2D eigenvalue weighted by Crippen LogP contribution is 2.30. The molecule has 2 aromatic carbocycles. The largest absolute Gasteiger partial charge is 0.508 e. The van der Waals surface area contributed by atoms with Gasteiger partial charge in [0.2, 0.25) is 5.78 Å². The molecular weight excluding hydrogens is 286 g/mol. The molecule has 0 saturated heterocycles. The lowest BCUT2D eigenvalue weighted by Gasteiger charge is -1.99. The van der Waals surface area contributed by atoms with E-state index in [2.05, 4.69) is 0 Å². The van der Waals surface area contributed by atoms with Crippen LogP contribution in [0.4, 0.5) is 5.69 Å². The Bertz CT molecular complexity index is 893. The lowest BCUT2D eigenvalue weighted by molar-refractivity contribution is -0.384. The fourth-order valence-electron chi connectivity index (χ4n) is 2.28. The smallest absolute Gasteiger partial charge is 0.270 e. The summed E-state index contributed by atoms with van der Waals surface area (Å²) in [7, 11) is 0. The van der Waals surface area contributed by atoms with Gasteiger partial charge in [0.25, 0.3) is 5.69 Å². The first-order valence-corrected chi connectivity index (χ1v) is 6.48. The normalized spacial score (nSPS) is 10.8. The van der Waals surface area contributed by atoms with E-state index in [0.717, 1.165) is 0 Å². The zero-order chi connectivity index (χ0) is 15.9. The second kappa shape index (κ2) is 5.00. The number of ketones is 1. The number of furan rings is 1. The van der Waals surface area contributed by atoms with Crippen molar-refractivity contribution in [3.63, 3.8) is 0 Å². The number of carbonyl (C=O) groups excluding carboxylic acids is 1. The van der Waals surface area contributed by atoms with Crippen LogP contribution in [0.1, 0.15) is 21.7 Å². The molecule has 0 saturated carbocycles. The summed E-state index contributed by atoms with van der Waals surface area (Å²) in [5.41, 5.74) is 1.29. The van der Waals surface area contributed by atoms with Crippen LogP contribution >= 0.6 is 0 Å². The van der Waals surface area contributed by atoms with Gasteiger partial charge in [-0.2, -0.15) is 0 Å². The summed E-state index contributed by atoms with van der Waals surface area (Å²) in [6.45, 7) is 1.68. The van der Waals surface area contributed by atoms with Crippen LogP contribution in [0.2, 0.25) is 0 Å². The van der Waals surface area contributed by atoms with E-state index in [1.54, 1.807) is 6.92 Å². The SMILES string of the molecule is Cc1c(C(=O)c2ccc(O)cc2)oc2ccc([N+](=O)[O-])cc12. The van der Waals surface area contributed by atoms with E-state index in [-0.39, 0.29) is 23.0 Å². The van der Waals surface area contributed by atoms with E-state index < -0.39 is 4.92 Å². The van der Waals surface area contributed by atoms with Crippen LogP contribution < -0.4 is 0 Å². The van der Waals surface area contributed by atoms with E-state index in [4.69, 9.17) is 4.42 Å². The summed E-state index contributed by atoms with van der Waals surface area (Å²) >= 11 is 0. The number of hydrogen-bond acceptors (Lipinski definition) is 5. The van der Waals surface area contributed by atoms with Crippen molar-refractivity contribution in [1.29, 1.82) is 0 Å². The molecule has 0 atom stereocenters. The van der Waals surface area contributed by atoms with Gasteiger partial charge in [0, 0.05) is 28.6 Å². The van der Waals surface area contributed by atoms with Gasteiger partial charge >= 0.3 is 0 Å². The molecule has 1 aromatic heterocycles. The van der Waals surface area contributed by atoms with Gasteiger partial charge in [-0.05, 0) is 37.3 Å². The Hall–Kier alpha value is -3.15. The standard InChI is InChI=1S/C16H11NO5/c1-9-13-8-11(17(20)21)4-7-14(13)22-16(9)15(19)10-2-5-12(18)6-3-10/h2-8,18H,1H3. The van der Waals surface area contributed by atoms with Crippen LogP contribution in [0.3, 0.4) is 0 Å². The van der Waals surface area contributed by atoms with Gasteiger partial charge < -0.3 is 9.52 Å². The molecule has 0 spiro atoms. The molecule has 1 N–H and O–H groups in total. The molecule has 0 aliphatic carbocycles. The Morgan fingerprint density at radius 2 is 1.86 bits per heavy atom. The first kappa shape index (κ1) is 13.8. The highest BCUT2D eigenvalue weighted by Gasteiger charge is 2.20. The molecule has 0 aliphatic rings. The van der Waals surface area contributed by atoms with E-state index in [1.807, 2.05) is 0 Å². The van der Waals surface area contributed by atoms with Gasteiger partial charge in [0.1, 0.15) is 11.3 Å². The number of nitro groups is 1. The van der Waals surface area contributed by atoms with Gasteiger partial charge in [0.05, 0.1) is 4.92 Å². The predicted octanol–water partition coefficient (Wildman–Crippen LogP) is 3.59. The third-order valence-corrected chi connectivity index (χ3v) is 3.47. The number of aryl methyl sites for hydroxylation is 1. The highest BCUT2D eigenvalue weighted by molar-refractivity contribution is 6.10. The summed E-state index contributed by atoms with van der Waals surface area (Å²) in [4.78, 5) is 22.8. The Morgan fingerprint density at radius 1 is 1.18 bits per heavy atom. The van der Waals surface area contributed by atoms with Crippen molar-refractivity contribution < 1.29 is 19.2 Å². The fraction of sp³-hybridized carbons (Fsp3) is 0.0625. The van der Waals surface area contributed by atoms with Gasteiger partial charge in [-0.1, -0.05) is 0 Å². The number of nitro benzene ring substituents is 1. The number of non-ortho nitro benzene ring substituents is 1. The molecule has 0 amide bonds. The molecule has 0 unspecified atom stereocenters. The maximum atomic E-state index is 12.5. The van der Waals surface area contributed by atoms with Crippen LogP contribution in [0, 0.1) is 17.0 Å². The lowest BCUT2D eigenvalue weighted by Crippen LogP contribution is -2.00. The number of hydrogen-bond donors (Lipinski definition) is 1. The molecule has 3 aromatic rings. The Labute approximate surface area is 124 Å². The van der Waals surface area contributed by atoms with Crippen molar-refractivity contribution >= 4 is 22.4 Å². The molecule has 6 heteroatoms. The third kappa shape index (κ3) is 2.20. The van der Waals surface area contributed by atoms with Crippen LogP contribution in [0.15, 0.2) is 46.9 Å². The molecule has 22 heavy (non-hydrogen) atoms. The second-order valence-electron chi connectivity index (χ2n) is 4.87. The van der Waals surface area contributed by atoms with Gasteiger partial charge in [-0.25, -0.2) is 0 Å². The zero-order valence-corrected chi connectivity index (χ0v) is 11.6. The summed E-state index contributed by atoms with van der Waals surface area (Å²) in [6.07, 6.45) is 0. The van der Waals surface area contributed by atoms with E-state index >= 15 is 0 Å². The average molecular weight is 297 g/mol. The number of carbonyl (C=O) groups is 1. The van der Waals surface area contributed by atoms with Crippen LogP contribution in [0.5, 0.6) is 5.75 Å². The minimum absolute atomic E-state index is 0.0555. The topological polar surface area (TPSA) is 93.6 Å². The van der Waals surface area contributed by atoms with E-state index in [0.29, 0.717) is 22.1 Å². The number of benzene rings is 2. The molecule has 0 bridgehead atoms. The molecule has 1 heterocycles. The average Bonchev–Trinajstić information content (AvgIpc) is 2.84. The lowest BCUT2D eigenvalue weighted by atomic mass is 10.0. The predicted molar refractivity (Wildman–Crippen MR) is 79.1 cm³/mol. The minimum Gasteiger partial charge on any atom is -0.508 e. The molecule has 0 fully saturated rings. The second-order valence-corrected chi connectivity index (χ2v) is 4.87. The van der Waals surface area contributed by atoms with Crippen molar-refractivity contribution in [3.8, 4) is 5.75 Å². The van der Waals surface area contributed by atoms with E-state index in [9.17, 15) is 20.0 Å². The van der Waals surface area contributed by atoms with Gasteiger partial charge in [-0.15, -0.1) is 0 Å². The van der Waals surface area contributed by atoms with Crippen molar-refractivity contribution in [1.82, 2.24) is 0 Å². The van der Waals surface area contributed by atoms with Crippen LogP contribution in [0.25, 0.3) is 11.0 Å². The maximum Gasteiger partial charge on any atom is 0.270 e. The Morgan fingerprint density at radius 3 is 2.50 bits per heavy atom. The number of nitrogens with zero attached hydrogens (tertiary/aromatic N) is 1. The number of phenolic OH excluding ortho intramolecular Hbond substituents is 1. The quantitative estimate of drug-likeness (QED) is 0.453. The van der Waals surface area contributed by atoms with Crippen molar-refractivity contribution in [2.75, 3.05) is 0 Å². The van der Waals surface area contributed by atoms with Crippen molar-refractivity contribution in [3.05, 3.63) is 69.5 Å². The Balaban J connectivity index is 2.11. The summed E-state index contributed by atoms with van der Waals surface area (Å²) in [5, 5.41) is 20.6. The molecular formula is C16H11NO5. The van der Waals surface area contributed by atoms with Crippen molar-refractivity contribution in [2.45, 2.75) is 6.92 Å². The summed E-state index contributed by atoms with van der Waals surface area (Å²) in [5.74, 6) is -0.133. The fourth-order valence-corrected chi connectivity index (χ4v) is 2.28. The van der Waals surface area contributed by atoms with E-state index in [1.165, 1.54) is 42.5 Å². The molecule has 0 aliphatic heterocycles. The van der Waals surface area contributed by atoms with Gasteiger partial charge in [0.15, 0.2) is 5.76 Å². The van der Waals surface area contributed by atoms with Crippen LogP contribution in [-0.2, 0) is 0 Å². The molecule has 3 rings (SSSR count). The van der Waals surface area contributed by atoms with Crippen LogP contribution in [-0.4, -0.2) is 15.8 Å². The molecule has 0 radical (unpaired) electrons. The summed E-state index contributed by atoms with van der Waals surface area (Å²) in [6, 6.07) is 10.0. The molecule has 110 valence electrons. The third-order valence-electron chi connectivity index (χ3n) is 3.47. The first-order chi connectivity index (χ1) is 10.5. The van der Waals surface area contributed by atoms with Crippen molar-refractivity contribution in [2.24, 2.45) is 0 Å².